The molecule has 0 unspecified atom stereocenters. The van der Waals surface area contributed by atoms with E-state index in [-0.39, 0.29) is 0 Å². The van der Waals surface area contributed by atoms with Gasteiger partial charge in [0.2, 0.25) is 0 Å². The van der Waals surface area contributed by atoms with Crippen molar-refractivity contribution in [1.29, 1.82) is 0 Å². The Morgan fingerprint density at radius 1 is 1.00 bits per heavy atom. The first-order chi connectivity index (χ1) is 11.6. The van der Waals surface area contributed by atoms with E-state index in [1.807, 2.05) is 74.5 Å². The molecule has 3 heteroatoms. The zero-order chi connectivity index (χ0) is 17.1. The topological polar surface area (TPSA) is 46.5 Å². The molecule has 0 aliphatic carbocycles. The molecule has 0 fully saturated rings. The lowest BCUT2D eigenvalue weighted by atomic mass is 9.98. The van der Waals surface area contributed by atoms with Gasteiger partial charge in [-0.1, -0.05) is 54.6 Å². The van der Waals surface area contributed by atoms with Crippen LogP contribution in [0.3, 0.4) is 0 Å². The van der Waals surface area contributed by atoms with Crippen LogP contribution >= 0.6 is 0 Å². The van der Waals surface area contributed by atoms with Crippen LogP contribution in [0.25, 0.3) is 10.8 Å². The third kappa shape index (κ3) is 3.25. The van der Waals surface area contributed by atoms with E-state index in [1.54, 1.807) is 0 Å². The summed E-state index contributed by atoms with van der Waals surface area (Å²) in [7, 11) is 0. The highest BCUT2D eigenvalue weighted by Gasteiger charge is 2.22. The van der Waals surface area contributed by atoms with Crippen molar-refractivity contribution < 1.29 is 14.6 Å². The first-order valence-corrected chi connectivity index (χ1v) is 7.98. The van der Waals surface area contributed by atoms with Gasteiger partial charge in [0.25, 0.3) is 0 Å². The number of ether oxygens (including phenoxy) is 1. The molecular formula is C21H20O3. The summed E-state index contributed by atoms with van der Waals surface area (Å²) in [5.74, 6) is -0.352. The average Bonchev–Trinajstić information content (AvgIpc) is 2.58. The summed E-state index contributed by atoms with van der Waals surface area (Å²) in [6.45, 7) is 4.04. The largest absolute Gasteiger partial charge is 0.478 e. The van der Waals surface area contributed by atoms with Gasteiger partial charge in [-0.2, -0.15) is 0 Å². The zero-order valence-corrected chi connectivity index (χ0v) is 13.8. The fourth-order valence-corrected chi connectivity index (χ4v) is 2.86. The summed E-state index contributed by atoms with van der Waals surface area (Å²) in [5.41, 5.74) is 3.27. The van der Waals surface area contributed by atoms with E-state index in [4.69, 9.17) is 4.74 Å². The SMILES string of the molecule is Cc1cccc(C[C@H](Oc2cccc3ccccc23)C(=O)O)c1C. The second kappa shape index (κ2) is 6.75. The molecule has 0 heterocycles. The van der Waals surface area contributed by atoms with E-state index in [1.165, 1.54) is 0 Å². The molecule has 3 nitrogen and oxygen atoms in total. The number of aliphatic carboxylic acids is 1. The number of benzene rings is 3. The van der Waals surface area contributed by atoms with Gasteiger partial charge < -0.3 is 9.84 Å². The Morgan fingerprint density at radius 2 is 1.71 bits per heavy atom. The minimum absolute atomic E-state index is 0.339. The van der Waals surface area contributed by atoms with Crippen molar-refractivity contribution in [2.45, 2.75) is 26.4 Å². The van der Waals surface area contributed by atoms with Gasteiger partial charge in [0, 0.05) is 11.8 Å². The highest BCUT2D eigenvalue weighted by Crippen LogP contribution is 2.27. The highest BCUT2D eigenvalue weighted by molar-refractivity contribution is 5.88. The maximum atomic E-state index is 11.7. The van der Waals surface area contributed by atoms with E-state index in [0.29, 0.717) is 12.2 Å². The number of hydrogen-bond acceptors (Lipinski definition) is 2. The van der Waals surface area contributed by atoms with Crippen LogP contribution in [0.4, 0.5) is 0 Å². The molecule has 1 N–H and O–H groups in total. The molecule has 0 aliphatic heterocycles. The van der Waals surface area contributed by atoms with Crippen LogP contribution in [0.5, 0.6) is 5.75 Å². The molecule has 0 saturated heterocycles. The summed E-state index contributed by atoms with van der Waals surface area (Å²) in [6.07, 6.45) is -0.581. The molecule has 0 radical (unpaired) electrons. The van der Waals surface area contributed by atoms with Gasteiger partial charge in [-0.25, -0.2) is 4.79 Å². The van der Waals surface area contributed by atoms with E-state index in [9.17, 15) is 9.90 Å². The fraction of sp³-hybridized carbons (Fsp3) is 0.190. The van der Waals surface area contributed by atoms with Gasteiger partial charge in [0.05, 0.1) is 0 Å². The molecular weight excluding hydrogens is 300 g/mol. The summed E-state index contributed by atoms with van der Waals surface area (Å²) < 4.78 is 5.89. The molecule has 0 bridgehead atoms. The predicted molar refractivity (Wildman–Crippen MR) is 95.6 cm³/mol. The number of rotatable bonds is 5. The molecule has 3 aromatic rings. The van der Waals surface area contributed by atoms with Gasteiger partial charge in [-0.05, 0) is 42.0 Å². The third-order valence-electron chi connectivity index (χ3n) is 4.42. The maximum Gasteiger partial charge on any atom is 0.345 e. The van der Waals surface area contributed by atoms with Crippen LogP contribution in [0.15, 0.2) is 60.7 Å². The Morgan fingerprint density at radius 3 is 2.50 bits per heavy atom. The number of carboxylic acids is 1. The Hall–Kier alpha value is -2.81. The fourth-order valence-electron chi connectivity index (χ4n) is 2.86. The summed E-state index contributed by atoms with van der Waals surface area (Å²) in [4.78, 5) is 11.7. The van der Waals surface area contributed by atoms with Crippen molar-refractivity contribution >= 4 is 16.7 Å². The number of aryl methyl sites for hydroxylation is 1. The van der Waals surface area contributed by atoms with Gasteiger partial charge in [0.15, 0.2) is 6.10 Å². The molecule has 3 rings (SSSR count). The predicted octanol–water partition coefficient (Wildman–Crippen LogP) is 4.53. The van der Waals surface area contributed by atoms with Crippen LogP contribution < -0.4 is 4.74 Å². The van der Waals surface area contributed by atoms with Crippen molar-refractivity contribution in [3.63, 3.8) is 0 Å². The van der Waals surface area contributed by atoms with Crippen molar-refractivity contribution in [2.75, 3.05) is 0 Å². The minimum atomic E-state index is -0.955. The van der Waals surface area contributed by atoms with Crippen LogP contribution in [0.1, 0.15) is 16.7 Å². The van der Waals surface area contributed by atoms with Gasteiger partial charge in [-0.15, -0.1) is 0 Å². The Bertz CT molecular complexity index is 878. The summed E-state index contributed by atoms with van der Waals surface area (Å²) in [6, 6.07) is 19.5. The van der Waals surface area contributed by atoms with Gasteiger partial charge in [0.1, 0.15) is 5.75 Å². The summed E-state index contributed by atoms with van der Waals surface area (Å²) in [5, 5.41) is 11.6. The lowest BCUT2D eigenvalue weighted by Crippen LogP contribution is -2.29. The van der Waals surface area contributed by atoms with Crippen LogP contribution in [0, 0.1) is 13.8 Å². The molecule has 0 aliphatic rings. The van der Waals surface area contributed by atoms with Crippen LogP contribution in [-0.2, 0) is 11.2 Å². The summed E-state index contributed by atoms with van der Waals surface area (Å²) >= 11 is 0. The number of hydrogen-bond donors (Lipinski definition) is 1. The molecule has 0 aromatic heterocycles. The number of carboxylic acid groups (broad SMARTS) is 1. The standard InChI is InChI=1S/C21H20O3/c1-14-7-5-10-17(15(14)2)13-20(21(22)23)24-19-12-6-9-16-8-3-4-11-18(16)19/h3-12,20H,13H2,1-2H3,(H,22,23)/t20-/m0/s1. The van der Waals surface area contributed by atoms with Crippen molar-refractivity contribution in [2.24, 2.45) is 0 Å². The third-order valence-corrected chi connectivity index (χ3v) is 4.42. The van der Waals surface area contributed by atoms with E-state index in [2.05, 4.69) is 0 Å². The normalized spacial score (nSPS) is 12.1. The number of carbonyl (C=O) groups is 1. The molecule has 0 saturated carbocycles. The molecule has 3 aromatic carbocycles. The van der Waals surface area contributed by atoms with Crippen molar-refractivity contribution in [3.8, 4) is 5.75 Å². The van der Waals surface area contributed by atoms with E-state index >= 15 is 0 Å². The van der Waals surface area contributed by atoms with Crippen molar-refractivity contribution in [3.05, 3.63) is 77.4 Å². The molecule has 1 atom stereocenters. The average molecular weight is 320 g/mol. The second-order valence-corrected chi connectivity index (χ2v) is 5.99. The monoisotopic (exact) mass is 320 g/mol. The Kier molecular flexibility index (Phi) is 4.52. The minimum Gasteiger partial charge on any atom is -0.478 e. The lowest BCUT2D eigenvalue weighted by molar-refractivity contribution is -0.144. The maximum absolute atomic E-state index is 11.7. The van der Waals surface area contributed by atoms with Gasteiger partial charge >= 0.3 is 5.97 Å². The molecule has 122 valence electrons. The van der Waals surface area contributed by atoms with E-state index < -0.39 is 12.1 Å². The van der Waals surface area contributed by atoms with Crippen molar-refractivity contribution in [1.82, 2.24) is 0 Å². The zero-order valence-electron chi connectivity index (χ0n) is 13.8. The molecule has 0 spiro atoms. The Balaban J connectivity index is 1.92. The lowest BCUT2D eigenvalue weighted by Gasteiger charge is -2.18. The van der Waals surface area contributed by atoms with Gasteiger partial charge in [-0.3, -0.25) is 0 Å². The molecule has 0 amide bonds. The Labute approximate surface area is 141 Å². The quantitative estimate of drug-likeness (QED) is 0.751. The molecule has 24 heavy (non-hydrogen) atoms. The van der Waals surface area contributed by atoms with Crippen LogP contribution in [0.2, 0.25) is 0 Å². The first kappa shape index (κ1) is 16.1. The second-order valence-electron chi connectivity index (χ2n) is 5.99. The first-order valence-electron chi connectivity index (χ1n) is 7.98. The van der Waals surface area contributed by atoms with Crippen LogP contribution in [-0.4, -0.2) is 17.2 Å². The highest BCUT2D eigenvalue weighted by atomic mass is 16.5. The smallest absolute Gasteiger partial charge is 0.345 e. The number of fused-ring (bicyclic) bond motifs is 1. The van der Waals surface area contributed by atoms with E-state index in [0.717, 1.165) is 27.5 Å².